The molecule has 0 bridgehead atoms. The van der Waals surface area contributed by atoms with Gasteiger partial charge in [-0.3, -0.25) is 0 Å². The second-order valence-corrected chi connectivity index (χ2v) is 3.78. The summed E-state index contributed by atoms with van der Waals surface area (Å²) in [6.07, 6.45) is 0.954. The number of hydrogen-bond donors (Lipinski definition) is 3. The van der Waals surface area contributed by atoms with Crippen LogP contribution in [0, 0.1) is 0 Å². The smallest absolute Gasteiger partial charge is 0.312 e. The summed E-state index contributed by atoms with van der Waals surface area (Å²) in [6, 6.07) is 6.99. The van der Waals surface area contributed by atoms with Crippen molar-refractivity contribution in [2.45, 2.75) is 25.0 Å². The van der Waals surface area contributed by atoms with Gasteiger partial charge < -0.3 is 16.2 Å². The lowest BCUT2D eigenvalue weighted by atomic mass is 9.86. The molecule has 80 valence electrons. The summed E-state index contributed by atoms with van der Waals surface area (Å²) in [5.41, 5.74) is 6.96. The van der Waals surface area contributed by atoms with Crippen LogP contribution in [-0.2, 0) is 0 Å². The van der Waals surface area contributed by atoms with Gasteiger partial charge in [-0.2, -0.15) is 0 Å². The predicted octanol–water partition coefficient (Wildman–Crippen LogP) is 1.22. The summed E-state index contributed by atoms with van der Waals surface area (Å²) in [5.74, 6) is 0. The molecule has 15 heavy (non-hydrogen) atoms. The predicted molar refractivity (Wildman–Crippen MR) is 56.1 cm³/mol. The number of urea groups is 1. The molecule has 0 aromatic heterocycles. The summed E-state index contributed by atoms with van der Waals surface area (Å²) in [4.78, 5) is 10.8. The molecule has 2 amide bonds. The maximum atomic E-state index is 10.8. The first-order valence-electron chi connectivity index (χ1n) is 5.01. The van der Waals surface area contributed by atoms with E-state index in [1.54, 1.807) is 0 Å². The number of rotatable bonds is 1. The van der Waals surface area contributed by atoms with Gasteiger partial charge in [-0.05, 0) is 24.0 Å². The molecule has 0 heterocycles. The molecule has 2 rings (SSSR count). The van der Waals surface area contributed by atoms with E-state index in [9.17, 15) is 9.90 Å². The number of carbonyl (C=O) groups excluding carboxylic acids is 1. The van der Waals surface area contributed by atoms with Gasteiger partial charge in [-0.1, -0.05) is 24.3 Å². The third-order valence-electron chi connectivity index (χ3n) is 2.78. The van der Waals surface area contributed by atoms with Crippen LogP contribution in [0.1, 0.15) is 36.1 Å². The lowest BCUT2D eigenvalue weighted by Gasteiger charge is -2.28. The van der Waals surface area contributed by atoms with E-state index in [0.717, 1.165) is 17.5 Å². The molecule has 0 aliphatic heterocycles. The van der Waals surface area contributed by atoms with Crippen molar-refractivity contribution in [1.82, 2.24) is 5.32 Å². The van der Waals surface area contributed by atoms with Gasteiger partial charge >= 0.3 is 6.03 Å². The van der Waals surface area contributed by atoms with E-state index in [4.69, 9.17) is 5.73 Å². The molecule has 1 aromatic carbocycles. The quantitative estimate of drug-likeness (QED) is 0.646. The first kappa shape index (κ1) is 9.98. The van der Waals surface area contributed by atoms with Crippen molar-refractivity contribution in [3.63, 3.8) is 0 Å². The van der Waals surface area contributed by atoms with Gasteiger partial charge in [0.15, 0.2) is 0 Å². The van der Waals surface area contributed by atoms with Crippen molar-refractivity contribution >= 4 is 6.03 Å². The van der Waals surface area contributed by atoms with Crippen molar-refractivity contribution in [3.05, 3.63) is 35.4 Å². The number of primary amides is 1. The highest BCUT2D eigenvalue weighted by Crippen LogP contribution is 2.35. The van der Waals surface area contributed by atoms with E-state index in [-0.39, 0.29) is 6.04 Å². The summed E-state index contributed by atoms with van der Waals surface area (Å²) in [6.45, 7) is 0. The average Bonchev–Trinajstić information content (AvgIpc) is 2.22. The molecule has 4 nitrogen and oxygen atoms in total. The molecule has 0 spiro atoms. The molecule has 0 radical (unpaired) electrons. The van der Waals surface area contributed by atoms with Crippen LogP contribution in [-0.4, -0.2) is 11.1 Å². The first-order chi connectivity index (χ1) is 7.18. The molecule has 0 saturated carbocycles. The molecule has 4 heteroatoms. The van der Waals surface area contributed by atoms with E-state index in [1.165, 1.54) is 0 Å². The summed E-state index contributed by atoms with van der Waals surface area (Å²) >= 11 is 0. The number of nitrogens with two attached hydrogens (primary N) is 1. The van der Waals surface area contributed by atoms with E-state index < -0.39 is 12.1 Å². The second kappa shape index (κ2) is 3.90. The topological polar surface area (TPSA) is 75.4 Å². The lowest BCUT2D eigenvalue weighted by Crippen LogP contribution is -2.35. The van der Waals surface area contributed by atoms with Crippen LogP contribution in [0.2, 0.25) is 0 Å². The van der Waals surface area contributed by atoms with Crippen molar-refractivity contribution in [2.24, 2.45) is 5.73 Å². The van der Waals surface area contributed by atoms with Crippen LogP contribution in [0.25, 0.3) is 0 Å². The van der Waals surface area contributed by atoms with Gasteiger partial charge in [-0.15, -0.1) is 0 Å². The second-order valence-electron chi connectivity index (χ2n) is 3.78. The normalized spacial score (nSPS) is 24.3. The Morgan fingerprint density at radius 3 is 2.67 bits per heavy atom. The molecule has 1 aliphatic carbocycles. The zero-order valence-corrected chi connectivity index (χ0v) is 8.31. The van der Waals surface area contributed by atoms with Gasteiger partial charge in [-0.25, -0.2) is 4.79 Å². The van der Waals surface area contributed by atoms with Crippen LogP contribution in [0.4, 0.5) is 4.79 Å². The van der Waals surface area contributed by atoms with Crippen LogP contribution in [0.15, 0.2) is 24.3 Å². The van der Waals surface area contributed by atoms with E-state index >= 15 is 0 Å². The number of nitrogens with one attached hydrogen (secondary N) is 1. The first-order valence-corrected chi connectivity index (χ1v) is 5.01. The monoisotopic (exact) mass is 206 g/mol. The maximum Gasteiger partial charge on any atom is 0.312 e. The molecule has 4 N–H and O–H groups in total. The van der Waals surface area contributed by atoms with Crippen LogP contribution < -0.4 is 11.1 Å². The Hall–Kier alpha value is -1.55. The fourth-order valence-electron chi connectivity index (χ4n) is 2.09. The van der Waals surface area contributed by atoms with Crippen molar-refractivity contribution < 1.29 is 9.90 Å². The minimum atomic E-state index is -0.522. The Bertz CT molecular complexity index is 379. The number of fused-ring (bicyclic) bond motifs is 1. The fourth-order valence-corrected chi connectivity index (χ4v) is 2.09. The standard InChI is InChI=1S/C11H14N2O2/c12-11(15)13-9-5-6-10(14)8-4-2-1-3-7(8)9/h1-4,9-10,14H,5-6H2,(H3,12,13,15)/t9-,10-/m0/s1. The lowest BCUT2D eigenvalue weighted by molar-refractivity contribution is 0.147. The van der Waals surface area contributed by atoms with Crippen LogP contribution in [0.5, 0.6) is 0 Å². The molecule has 0 unspecified atom stereocenters. The highest BCUT2D eigenvalue weighted by molar-refractivity contribution is 5.72. The molecule has 1 aliphatic rings. The molecular weight excluding hydrogens is 192 g/mol. The Morgan fingerprint density at radius 1 is 1.33 bits per heavy atom. The Labute approximate surface area is 88.1 Å². The SMILES string of the molecule is NC(=O)N[C@H]1CC[C@H](O)c2ccccc21. The van der Waals surface area contributed by atoms with Gasteiger partial charge in [0.1, 0.15) is 0 Å². The largest absolute Gasteiger partial charge is 0.388 e. The Morgan fingerprint density at radius 2 is 2.00 bits per heavy atom. The van der Waals surface area contributed by atoms with Crippen molar-refractivity contribution in [1.29, 1.82) is 0 Å². The zero-order chi connectivity index (χ0) is 10.8. The molecule has 0 saturated heterocycles. The molecule has 2 atom stereocenters. The van der Waals surface area contributed by atoms with E-state index in [2.05, 4.69) is 5.32 Å². The van der Waals surface area contributed by atoms with E-state index in [0.29, 0.717) is 6.42 Å². The minimum Gasteiger partial charge on any atom is -0.388 e. The summed E-state index contributed by atoms with van der Waals surface area (Å²) in [5, 5.41) is 12.5. The number of aliphatic hydroxyl groups excluding tert-OH is 1. The maximum absolute atomic E-state index is 10.8. The van der Waals surface area contributed by atoms with Crippen molar-refractivity contribution in [3.8, 4) is 0 Å². The Kier molecular flexibility index (Phi) is 2.60. The fraction of sp³-hybridized carbons (Fsp3) is 0.364. The van der Waals surface area contributed by atoms with Gasteiger partial charge in [0.2, 0.25) is 0 Å². The summed E-state index contributed by atoms with van der Waals surface area (Å²) in [7, 11) is 0. The van der Waals surface area contributed by atoms with Gasteiger partial charge in [0.25, 0.3) is 0 Å². The highest BCUT2D eigenvalue weighted by Gasteiger charge is 2.25. The van der Waals surface area contributed by atoms with Crippen LogP contribution in [0.3, 0.4) is 0 Å². The number of amides is 2. The molecule has 0 fully saturated rings. The average molecular weight is 206 g/mol. The summed E-state index contributed by atoms with van der Waals surface area (Å²) < 4.78 is 0. The van der Waals surface area contributed by atoms with Gasteiger partial charge in [0, 0.05) is 0 Å². The zero-order valence-electron chi connectivity index (χ0n) is 8.31. The number of hydrogen-bond acceptors (Lipinski definition) is 2. The van der Waals surface area contributed by atoms with Crippen LogP contribution >= 0.6 is 0 Å². The van der Waals surface area contributed by atoms with E-state index in [1.807, 2.05) is 24.3 Å². The number of aliphatic hydroxyl groups is 1. The third-order valence-corrected chi connectivity index (χ3v) is 2.78. The highest BCUT2D eigenvalue weighted by atomic mass is 16.3. The third kappa shape index (κ3) is 1.94. The van der Waals surface area contributed by atoms with Gasteiger partial charge in [0.05, 0.1) is 12.1 Å². The number of benzene rings is 1. The molecule has 1 aromatic rings. The van der Waals surface area contributed by atoms with Crippen molar-refractivity contribution in [2.75, 3.05) is 0 Å². The molecular formula is C11H14N2O2. The Balaban J connectivity index is 2.31. The number of carbonyl (C=O) groups is 1. The minimum absolute atomic E-state index is 0.0675.